The second-order valence-corrected chi connectivity index (χ2v) is 5.76. The lowest BCUT2D eigenvalue weighted by Crippen LogP contribution is -2.51. The van der Waals surface area contributed by atoms with E-state index >= 15 is 0 Å². The zero-order valence-corrected chi connectivity index (χ0v) is 13.6. The van der Waals surface area contributed by atoms with E-state index in [-0.39, 0.29) is 12.4 Å². The van der Waals surface area contributed by atoms with Gasteiger partial charge in [0.15, 0.2) is 11.2 Å². The third-order valence-corrected chi connectivity index (χ3v) is 4.06. The van der Waals surface area contributed by atoms with Crippen LogP contribution < -0.4 is 20.7 Å². The molecule has 0 saturated carbocycles. The van der Waals surface area contributed by atoms with Crippen molar-refractivity contribution in [2.75, 3.05) is 11.4 Å². The van der Waals surface area contributed by atoms with Crippen molar-refractivity contribution >= 4 is 28.9 Å². The quantitative estimate of drug-likeness (QED) is 0.833. The Kier molecular flexibility index (Phi) is 4.61. The number of nitrogens with two attached hydrogens (primary N) is 1. The summed E-state index contributed by atoms with van der Waals surface area (Å²) < 4.78 is 18.6. The number of carbonyl (C=O) groups excluding carboxylic acids is 1. The largest absolute Gasteiger partial charge is 0.477 e. The molecule has 1 heterocycles. The highest BCUT2D eigenvalue weighted by molar-refractivity contribution is 7.80. The third-order valence-electron chi connectivity index (χ3n) is 3.69. The molecular weight excluding hydrogens is 329 g/mol. The number of benzene rings is 2. The maximum Gasteiger partial charge on any atom is 0.260 e. The van der Waals surface area contributed by atoms with Gasteiger partial charge in [-0.1, -0.05) is 24.3 Å². The summed E-state index contributed by atoms with van der Waals surface area (Å²) in [6.45, 7) is 0.682. The number of nitrogens with zero attached hydrogens (tertiary/aromatic N) is 1. The molecule has 0 fully saturated rings. The normalized spacial score (nSPS) is 16.0. The van der Waals surface area contributed by atoms with Gasteiger partial charge in [-0.25, -0.2) is 4.39 Å². The molecule has 0 aliphatic carbocycles. The molecule has 2 aromatic carbocycles. The number of rotatable bonds is 3. The van der Waals surface area contributed by atoms with Crippen molar-refractivity contribution in [2.45, 2.75) is 12.6 Å². The first kappa shape index (κ1) is 16.2. The van der Waals surface area contributed by atoms with Gasteiger partial charge < -0.3 is 20.7 Å². The van der Waals surface area contributed by atoms with Gasteiger partial charge in [0.25, 0.3) is 5.91 Å². The van der Waals surface area contributed by atoms with E-state index in [4.69, 9.17) is 22.7 Å². The van der Waals surface area contributed by atoms with Crippen LogP contribution in [-0.4, -0.2) is 23.7 Å². The van der Waals surface area contributed by atoms with Gasteiger partial charge in [-0.15, -0.1) is 0 Å². The van der Waals surface area contributed by atoms with Crippen molar-refractivity contribution in [1.82, 2.24) is 5.32 Å². The lowest BCUT2D eigenvalue weighted by molar-refractivity contribution is -0.124. The number of amides is 1. The summed E-state index contributed by atoms with van der Waals surface area (Å²) in [7, 11) is 0. The number of hydrogen-bond donors (Lipinski definition) is 2. The minimum atomic E-state index is -0.773. The molecule has 3 rings (SSSR count). The first-order chi connectivity index (χ1) is 11.5. The molecular formula is C17H16FN3O2S. The van der Waals surface area contributed by atoms with Crippen LogP contribution >= 0.6 is 12.2 Å². The summed E-state index contributed by atoms with van der Waals surface area (Å²) in [5, 5.41) is 3.56. The Bertz CT molecular complexity index is 767. The SMILES string of the molecule is NC(=O)[C@@H]1CN(C(=S)NCc2ccc(F)cc2)c2ccccc2O1. The second kappa shape index (κ2) is 6.84. The summed E-state index contributed by atoms with van der Waals surface area (Å²) in [5.74, 6) is -0.276. The van der Waals surface area contributed by atoms with Crippen molar-refractivity contribution < 1.29 is 13.9 Å². The number of hydrogen-bond acceptors (Lipinski definition) is 3. The fraction of sp³-hybridized carbons (Fsp3) is 0.176. The minimum Gasteiger partial charge on any atom is -0.477 e. The molecule has 5 nitrogen and oxygen atoms in total. The molecule has 2 aromatic rings. The number of nitrogens with one attached hydrogen (secondary N) is 1. The Morgan fingerprint density at radius 1 is 1.29 bits per heavy atom. The Morgan fingerprint density at radius 2 is 2.00 bits per heavy atom. The van der Waals surface area contributed by atoms with Gasteiger partial charge in [0.05, 0.1) is 12.2 Å². The van der Waals surface area contributed by atoms with Crippen molar-refractivity contribution in [2.24, 2.45) is 5.73 Å². The smallest absolute Gasteiger partial charge is 0.260 e. The van der Waals surface area contributed by atoms with Gasteiger partial charge in [0.1, 0.15) is 11.6 Å². The number of carbonyl (C=O) groups is 1. The Morgan fingerprint density at radius 3 is 2.71 bits per heavy atom. The monoisotopic (exact) mass is 345 g/mol. The molecule has 24 heavy (non-hydrogen) atoms. The maximum absolute atomic E-state index is 12.9. The van der Waals surface area contributed by atoms with E-state index in [1.54, 1.807) is 23.1 Å². The topological polar surface area (TPSA) is 67.6 Å². The van der Waals surface area contributed by atoms with Gasteiger partial charge in [-0.05, 0) is 42.0 Å². The summed E-state index contributed by atoms with van der Waals surface area (Å²) in [6, 6.07) is 13.5. The molecule has 0 radical (unpaired) electrons. The molecule has 0 bridgehead atoms. The van der Waals surface area contributed by atoms with Crippen LogP contribution in [0.15, 0.2) is 48.5 Å². The zero-order valence-electron chi connectivity index (χ0n) is 12.7. The minimum absolute atomic E-state index is 0.238. The second-order valence-electron chi connectivity index (χ2n) is 5.37. The standard InChI is InChI=1S/C17H16FN3O2S/c18-12-7-5-11(6-8-12)9-20-17(24)21-10-15(16(19)22)23-14-4-2-1-3-13(14)21/h1-8,15H,9-10H2,(H2,19,22)(H,20,24)/t15-/m0/s1. The highest BCUT2D eigenvalue weighted by Crippen LogP contribution is 2.33. The van der Waals surface area contributed by atoms with Gasteiger partial charge in [0.2, 0.25) is 0 Å². The average molecular weight is 345 g/mol. The number of ether oxygens (including phenoxy) is 1. The van der Waals surface area contributed by atoms with Gasteiger partial charge in [0, 0.05) is 6.54 Å². The highest BCUT2D eigenvalue weighted by Gasteiger charge is 2.31. The molecule has 0 saturated heterocycles. The van der Waals surface area contributed by atoms with Crippen LogP contribution in [0, 0.1) is 5.82 Å². The molecule has 0 aromatic heterocycles. The molecule has 1 aliphatic heterocycles. The fourth-order valence-electron chi connectivity index (χ4n) is 2.45. The van der Waals surface area contributed by atoms with Crippen molar-refractivity contribution in [3.8, 4) is 5.75 Å². The number of para-hydroxylation sites is 2. The molecule has 1 atom stereocenters. The Labute approximate surface area is 144 Å². The molecule has 3 N–H and O–H groups in total. The lowest BCUT2D eigenvalue weighted by atomic mass is 10.2. The lowest BCUT2D eigenvalue weighted by Gasteiger charge is -2.35. The van der Waals surface area contributed by atoms with E-state index < -0.39 is 12.0 Å². The highest BCUT2D eigenvalue weighted by atomic mass is 32.1. The molecule has 0 spiro atoms. The summed E-state index contributed by atoms with van der Waals surface area (Å²) in [6.07, 6.45) is -0.773. The fourth-order valence-corrected chi connectivity index (χ4v) is 2.70. The first-order valence-corrected chi connectivity index (χ1v) is 7.80. The number of halogens is 1. The summed E-state index contributed by atoms with van der Waals surface area (Å²) >= 11 is 5.45. The number of thiocarbonyl (C=S) groups is 1. The van der Waals surface area contributed by atoms with Crippen LogP contribution in [0.4, 0.5) is 10.1 Å². The molecule has 1 aliphatic rings. The van der Waals surface area contributed by atoms with Gasteiger partial charge in [-0.2, -0.15) is 0 Å². The molecule has 1 amide bonds. The molecule has 7 heteroatoms. The van der Waals surface area contributed by atoms with Gasteiger partial charge >= 0.3 is 0 Å². The van der Waals surface area contributed by atoms with Crippen LogP contribution in [0.5, 0.6) is 5.75 Å². The van der Waals surface area contributed by atoms with Crippen molar-refractivity contribution in [3.63, 3.8) is 0 Å². The van der Waals surface area contributed by atoms with E-state index in [0.29, 0.717) is 17.4 Å². The Balaban J connectivity index is 1.75. The molecule has 0 unspecified atom stereocenters. The third kappa shape index (κ3) is 3.46. The van der Waals surface area contributed by atoms with E-state index in [9.17, 15) is 9.18 Å². The average Bonchev–Trinajstić information content (AvgIpc) is 2.60. The number of fused-ring (bicyclic) bond motifs is 1. The van der Waals surface area contributed by atoms with Gasteiger partial charge in [-0.3, -0.25) is 4.79 Å². The number of anilines is 1. The predicted molar refractivity (Wildman–Crippen MR) is 93.2 cm³/mol. The first-order valence-electron chi connectivity index (χ1n) is 7.39. The van der Waals surface area contributed by atoms with Crippen LogP contribution in [0.1, 0.15) is 5.56 Å². The van der Waals surface area contributed by atoms with Crippen LogP contribution in [0.25, 0.3) is 0 Å². The Hall–Kier alpha value is -2.67. The summed E-state index contributed by atoms with van der Waals surface area (Å²) in [4.78, 5) is 13.3. The van der Waals surface area contributed by atoms with Crippen LogP contribution in [0.3, 0.4) is 0 Å². The predicted octanol–water partition coefficient (Wildman–Crippen LogP) is 1.95. The van der Waals surface area contributed by atoms with E-state index in [1.807, 2.05) is 18.2 Å². The van der Waals surface area contributed by atoms with E-state index in [1.165, 1.54) is 12.1 Å². The van der Waals surface area contributed by atoms with E-state index in [2.05, 4.69) is 5.32 Å². The number of primary amides is 1. The van der Waals surface area contributed by atoms with Crippen molar-refractivity contribution in [3.05, 3.63) is 59.9 Å². The zero-order chi connectivity index (χ0) is 17.1. The van der Waals surface area contributed by atoms with Crippen molar-refractivity contribution in [1.29, 1.82) is 0 Å². The van der Waals surface area contributed by atoms with E-state index in [0.717, 1.165) is 11.3 Å². The molecule has 124 valence electrons. The summed E-state index contributed by atoms with van der Waals surface area (Å²) in [5.41, 5.74) is 7.04. The van der Waals surface area contributed by atoms with Crippen LogP contribution in [-0.2, 0) is 11.3 Å². The van der Waals surface area contributed by atoms with Crippen LogP contribution in [0.2, 0.25) is 0 Å². The maximum atomic E-state index is 12.9.